The van der Waals surface area contributed by atoms with E-state index >= 15 is 0 Å². The second kappa shape index (κ2) is 10.6. The van der Waals surface area contributed by atoms with Gasteiger partial charge >= 0.3 is 5.69 Å². The molecule has 2 aromatic rings. The molecule has 0 N–H and O–H groups in total. The molecule has 10 nitrogen and oxygen atoms in total. The van der Waals surface area contributed by atoms with E-state index in [9.17, 15) is 27.7 Å². The van der Waals surface area contributed by atoms with Crippen molar-refractivity contribution < 1.29 is 32.0 Å². The van der Waals surface area contributed by atoms with Crippen molar-refractivity contribution in [1.29, 1.82) is 0 Å². The van der Waals surface area contributed by atoms with Gasteiger partial charge in [-0.3, -0.25) is 14.9 Å². The Labute approximate surface area is 188 Å². The van der Waals surface area contributed by atoms with E-state index in [0.717, 1.165) is 6.07 Å². The Morgan fingerprint density at radius 1 is 1.28 bits per heavy atom. The lowest BCUT2D eigenvalue weighted by atomic mass is 10.2. The molecule has 0 aliphatic heterocycles. The van der Waals surface area contributed by atoms with Crippen molar-refractivity contribution in [1.82, 2.24) is 4.98 Å². The summed E-state index contributed by atoms with van der Waals surface area (Å²) in [5, 5.41) is 10.1. The highest BCUT2D eigenvalue weighted by atomic mass is 32.2. The number of hydrogen-bond donors (Lipinski definition) is 0. The second-order valence-electron chi connectivity index (χ2n) is 6.43. The number of methoxy groups -OCH3 is 2. The van der Waals surface area contributed by atoms with Gasteiger partial charge in [0.25, 0.3) is 5.91 Å². The van der Waals surface area contributed by atoms with E-state index in [0.29, 0.717) is 16.1 Å². The summed E-state index contributed by atoms with van der Waals surface area (Å²) in [6, 6.07) is 5.81. The Morgan fingerprint density at radius 3 is 2.50 bits per heavy atom. The van der Waals surface area contributed by atoms with Crippen LogP contribution in [0.2, 0.25) is 0 Å². The Bertz CT molecular complexity index is 1110. The number of nitrogens with zero attached hydrogens (tertiary/aromatic N) is 3. The molecular formula is C19H22FN3O7S2. The van der Waals surface area contributed by atoms with Crippen molar-refractivity contribution in [2.75, 3.05) is 24.3 Å². The minimum atomic E-state index is -4.15. The molecule has 0 bridgehead atoms. The maximum atomic E-state index is 14.3. The molecule has 0 radical (unpaired) electrons. The summed E-state index contributed by atoms with van der Waals surface area (Å²) < 4.78 is 50.3. The molecule has 0 fully saturated rings. The number of sulfonamides is 1. The van der Waals surface area contributed by atoms with Crippen LogP contribution in [0.15, 0.2) is 35.4 Å². The van der Waals surface area contributed by atoms with Crippen LogP contribution < -0.4 is 13.8 Å². The van der Waals surface area contributed by atoms with Gasteiger partial charge < -0.3 is 9.47 Å². The smallest absolute Gasteiger partial charge is 0.301 e. The van der Waals surface area contributed by atoms with Crippen molar-refractivity contribution in [3.05, 3.63) is 46.3 Å². The average Bonchev–Trinajstić information content (AvgIpc) is 2.73. The van der Waals surface area contributed by atoms with Gasteiger partial charge in [-0.1, -0.05) is 18.7 Å². The topological polar surface area (TPSA) is 129 Å². The van der Waals surface area contributed by atoms with E-state index < -0.39 is 31.9 Å². The zero-order chi connectivity index (χ0) is 24.1. The molecule has 0 spiro atoms. The van der Waals surface area contributed by atoms with E-state index in [-0.39, 0.29) is 40.2 Å². The van der Waals surface area contributed by atoms with Gasteiger partial charge in [-0.2, -0.15) is 4.98 Å². The van der Waals surface area contributed by atoms with Crippen LogP contribution in [0.25, 0.3) is 0 Å². The number of rotatable bonds is 10. The summed E-state index contributed by atoms with van der Waals surface area (Å²) in [5.41, 5.74) is -0.573. The first-order valence-electron chi connectivity index (χ1n) is 9.32. The SMILES string of the molecule is CCCS(=O)(=O)N(C(=O)C(C)Sc1nc(OC)ccc1[N+](=O)[O-])c1ccc(OC)c(F)c1. The molecule has 1 aromatic carbocycles. The number of halogens is 1. The number of amides is 1. The Balaban J connectivity index is 2.48. The number of benzene rings is 1. The lowest BCUT2D eigenvalue weighted by Crippen LogP contribution is -2.42. The van der Waals surface area contributed by atoms with Gasteiger partial charge in [0.15, 0.2) is 16.6 Å². The summed E-state index contributed by atoms with van der Waals surface area (Å²) in [5.74, 6) is -2.15. The van der Waals surface area contributed by atoms with Crippen LogP contribution in [-0.4, -0.2) is 49.5 Å². The van der Waals surface area contributed by atoms with E-state index in [4.69, 9.17) is 9.47 Å². The first kappa shape index (κ1) is 25.3. The normalized spacial score (nSPS) is 12.2. The molecule has 1 aromatic heterocycles. The molecule has 0 saturated carbocycles. The van der Waals surface area contributed by atoms with E-state index in [2.05, 4.69) is 4.98 Å². The maximum absolute atomic E-state index is 14.3. The Kier molecular flexibility index (Phi) is 8.38. The number of hydrogen-bond acceptors (Lipinski definition) is 9. The summed E-state index contributed by atoms with van der Waals surface area (Å²) in [6.07, 6.45) is 0.217. The minimum absolute atomic E-state index is 0.0884. The van der Waals surface area contributed by atoms with Crippen molar-refractivity contribution >= 4 is 39.1 Å². The average molecular weight is 488 g/mol. The predicted molar refractivity (Wildman–Crippen MR) is 117 cm³/mol. The molecule has 174 valence electrons. The molecule has 13 heteroatoms. The van der Waals surface area contributed by atoms with Crippen molar-refractivity contribution in [2.24, 2.45) is 0 Å². The fourth-order valence-corrected chi connectivity index (χ4v) is 5.27. The van der Waals surface area contributed by atoms with E-state index in [1.165, 1.54) is 45.4 Å². The summed E-state index contributed by atoms with van der Waals surface area (Å²) >= 11 is 0.698. The highest BCUT2D eigenvalue weighted by molar-refractivity contribution is 8.01. The number of anilines is 1. The number of carbonyl (C=O) groups is 1. The quantitative estimate of drug-likeness (QED) is 0.281. The Hall–Kier alpha value is -2.93. The highest BCUT2D eigenvalue weighted by Gasteiger charge is 2.34. The first-order valence-corrected chi connectivity index (χ1v) is 11.8. The van der Waals surface area contributed by atoms with Gasteiger partial charge in [-0.25, -0.2) is 17.1 Å². The molecule has 1 amide bonds. The van der Waals surface area contributed by atoms with Crippen LogP contribution in [-0.2, 0) is 14.8 Å². The summed E-state index contributed by atoms with van der Waals surface area (Å²) in [4.78, 5) is 27.9. The standard InChI is InChI=1S/C19H22FN3O7S2/c1-5-10-32(27,28)22(13-6-8-16(29-3)14(20)11-13)19(24)12(2)31-18-15(23(25)26)7-9-17(21-18)30-4/h6-9,11-12H,5,10H2,1-4H3. The third kappa shape index (κ3) is 5.65. The highest BCUT2D eigenvalue weighted by Crippen LogP contribution is 2.34. The van der Waals surface area contributed by atoms with Crippen LogP contribution in [0.3, 0.4) is 0 Å². The van der Waals surface area contributed by atoms with Crippen LogP contribution in [0.1, 0.15) is 20.3 Å². The van der Waals surface area contributed by atoms with E-state index in [1.54, 1.807) is 6.92 Å². The van der Waals surface area contributed by atoms with Crippen LogP contribution in [0.5, 0.6) is 11.6 Å². The molecule has 1 unspecified atom stereocenters. The second-order valence-corrected chi connectivity index (χ2v) is 9.70. The van der Waals surface area contributed by atoms with Gasteiger partial charge in [0.2, 0.25) is 15.9 Å². The molecule has 1 atom stereocenters. The molecule has 32 heavy (non-hydrogen) atoms. The number of nitro groups is 1. The number of pyridine rings is 1. The number of thioether (sulfide) groups is 1. The maximum Gasteiger partial charge on any atom is 0.301 e. The zero-order valence-electron chi connectivity index (χ0n) is 17.8. The lowest BCUT2D eigenvalue weighted by Gasteiger charge is -2.25. The van der Waals surface area contributed by atoms with Crippen LogP contribution in [0.4, 0.5) is 15.8 Å². The summed E-state index contributed by atoms with van der Waals surface area (Å²) in [6.45, 7) is 3.00. The van der Waals surface area contributed by atoms with Gasteiger partial charge in [0.05, 0.1) is 35.8 Å². The number of carbonyl (C=O) groups excluding carboxylic acids is 1. The molecule has 2 rings (SSSR count). The molecule has 0 aliphatic carbocycles. The predicted octanol–water partition coefficient (Wildman–Crippen LogP) is 3.40. The van der Waals surface area contributed by atoms with Gasteiger partial charge in [-0.05, 0) is 25.5 Å². The molecule has 0 saturated heterocycles. The number of ether oxygens (including phenoxy) is 2. The van der Waals surface area contributed by atoms with Crippen LogP contribution in [0, 0.1) is 15.9 Å². The minimum Gasteiger partial charge on any atom is -0.494 e. The molecular weight excluding hydrogens is 465 g/mol. The van der Waals surface area contributed by atoms with Gasteiger partial charge in [0.1, 0.15) is 0 Å². The first-order chi connectivity index (χ1) is 15.0. The van der Waals surface area contributed by atoms with Crippen LogP contribution >= 0.6 is 11.8 Å². The number of aromatic nitrogens is 1. The summed E-state index contributed by atoms with van der Waals surface area (Å²) in [7, 11) is -1.57. The molecule has 1 heterocycles. The van der Waals surface area contributed by atoms with Crippen molar-refractivity contribution in [2.45, 2.75) is 30.5 Å². The van der Waals surface area contributed by atoms with Crippen molar-refractivity contribution in [3.8, 4) is 11.6 Å². The Morgan fingerprint density at radius 2 is 1.97 bits per heavy atom. The van der Waals surface area contributed by atoms with Gasteiger partial charge in [-0.15, -0.1) is 0 Å². The molecule has 0 aliphatic rings. The van der Waals surface area contributed by atoms with Crippen molar-refractivity contribution in [3.63, 3.8) is 0 Å². The third-order valence-corrected chi connectivity index (χ3v) is 7.12. The lowest BCUT2D eigenvalue weighted by molar-refractivity contribution is -0.388. The fourth-order valence-electron chi connectivity index (χ4n) is 2.69. The third-order valence-electron chi connectivity index (χ3n) is 4.17. The zero-order valence-corrected chi connectivity index (χ0v) is 19.4. The van der Waals surface area contributed by atoms with E-state index in [1.807, 2.05) is 0 Å². The monoisotopic (exact) mass is 487 g/mol. The fraction of sp³-hybridized carbons (Fsp3) is 0.368. The largest absolute Gasteiger partial charge is 0.494 e. The van der Waals surface area contributed by atoms with Gasteiger partial charge in [0, 0.05) is 18.2 Å².